The van der Waals surface area contributed by atoms with Gasteiger partial charge in [0.15, 0.2) is 18.0 Å². The first-order chi connectivity index (χ1) is 23.4. The highest BCUT2D eigenvalue weighted by Crippen LogP contribution is 2.71. The molecule has 2 unspecified atom stereocenters. The van der Waals surface area contributed by atoms with Crippen LogP contribution in [0.4, 0.5) is 4.79 Å². The molecule has 3 aliphatic carbocycles. The van der Waals surface area contributed by atoms with E-state index in [9.17, 15) is 24.6 Å². The van der Waals surface area contributed by atoms with Crippen molar-refractivity contribution in [1.82, 2.24) is 5.32 Å². The van der Waals surface area contributed by atoms with Crippen LogP contribution in [0, 0.1) is 34.5 Å². The molecule has 13 atom stereocenters. The fourth-order valence-corrected chi connectivity index (χ4v) is 10.9. The van der Waals surface area contributed by atoms with E-state index < -0.39 is 88.3 Å². The van der Waals surface area contributed by atoms with Crippen LogP contribution in [0.15, 0.2) is 23.8 Å². The largest absolute Gasteiger partial charge is 0.456 e. The summed E-state index contributed by atoms with van der Waals surface area (Å²) in [6.45, 7) is 26.4. The number of ether oxygens (including phenoxy) is 6. The van der Waals surface area contributed by atoms with Crippen LogP contribution in [0.1, 0.15) is 102 Å². The first kappa shape index (κ1) is 39.7. The highest BCUT2D eigenvalue weighted by Gasteiger charge is 2.78. The molecule has 2 saturated carbocycles. The van der Waals surface area contributed by atoms with Gasteiger partial charge < -0.3 is 44.0 Å². The van der Waals surface area contributed by atoms with Crippen LogP contribution >= 0.6 is 0 Å². The Hall–Kier alpha value is -2.51. The number of alkyl carbamates (subject to hydrolysis) is 1. The van der Waals surface area contributed by atoms with Crippen molar-refractivity contribution in [1.29, 1.82) is 0 Å². The zero-order valence-electron chi connectivity index (χ0n) is 32.5. The van der Waals surface area contributed by atoms with E-state index in [1.54, 1.807) is 40.7 Å². The van der Waals surface area contributed by atoms with Crippen LogP contribution in [-0.2, 0) is 38.0 Å². The molecule has 0 radical (unpaired) electrons. The Bertz CT molecular complexity index is 1430. The first-order valence-electron chi connectivity index (χ1n) is 18.5. The summed E-state index contributed by atoms with van der Waals surface area (Å²) < 4.78 is 37.3. The van der Waals surface area contributed by atoms with Gasteiger partial charge in [0.05, 0.1) is 30.5 Å². The second-order valence-corrected chi connectivity index (χ2v) is 17.9. The molecule has 5 aliphatic rings. The second kappa shape index (κ2) is 13.4. The zero-order chi connectivity index (χ0) is 38.2. The number of esters is 2. The number of carbonyl (C=O) groups excluding carboxylic acids is 3. The molecule has 12 heteroatoms. The van der Waals surface area contributed by atoms with Crippen molar-refractivity contribution < 1.29 is 53.0 Å². The minimum Gasteiger partial charge on any atom is -0.456 e. The van der Waals surface area contributed by atoms with Gasteiger partial charge in [-0.05, 0) is 71.4 Å². The van der Waals surface area contributed by atoms with Gasteiger partial charge in [-0.15, -0.1) is 0 Å². The molecule has 0 spiro atoms. The fraction of sp³-hybridized carbons (Fsp3) is 0.821. The number of hydrogen-bond acceptors (Lipinski definition) is 11. The molecule has 4 fully saturated rings. The van der Waals surface area contributed by atoms with E-state index in [1.807, 2.05) is 20.8 Å². The van der Waals surface area contributed by atoms with E-state index in [0.29, 0.717) is 12.8 Å². The predicted octanol–water partition coefficient (Wildman–Crippen LogP) is 4.98. The maximum absolute atomic E-state index is 13.9. The summed E-state index contributed by atoms with van der Waals surface area (Å²) in [6.07, 6.45) is -2.45. The Kier molecular flexibility index (Phi) is 10.4. The number of rotatable bonds is 9. The molecule has 1 amide bonds. The molecule has 2 heterocycles. The van der Waals surface area contributed by atoms with Crippen molar-refractivity contribution >= 4 is 18.0 Å². The minimum atomic E-state index is -1.68. The number of aliphatic hydroxyl groups excluding tert-OH is 1. The number of hydrogen-bond donors (Lipinski definition) is 3. The molecular weight excluding hydrogens is 658 g/mol. The summed E-state index contributed by atoms with van der Waals surface area (Å²) >= 11 is 0. The molecular formula is C39H61NO11. The molecule has 3 N–H and O–H groups in total. The number of nitrogens with one attached hydrogen (secondary N) is 1. The molecule has 51 heavy (non-hydrogen) atoms. The van der Waals surface area contributed by atoms with Gasteiger partial charge in [0, 0.05) is 42.4 Å². The molecule has 5 rings (SSSR count). The summed E-state index contributed by atoms with van der Waals surface area (Å²) in [7, 11) is 0. The average Bonchev–Trinajstić information content (AvgIpc) is 3.25. The Morgan fingerprint density at radius 1 is 1.12 bits per heavy atom. The normalized spacial score (nSPS) is 40.1. The maximum Gasteiger partial charge on any atom is 0.407 e. The van der Waals surface area contributed by atoms with Crippen LogP contribution in [0.2, 0.25) is 0 Å². The summed E-state index contributed by atoms with van der Waals surface area (Å²) in [5, 5.41) is 26.5. The first-order valence-corrected chi connectivity index (χ1v) is 18.5. The van der Waals surface area contributed by atoms with E-state index in [-0.39, 0.29) is 36.9 Å². The zero-order valence-corrected chi connectivity index (χ0v) is 32.5. The summed E-state index contributed by atoms with van der Waals surface area (Å²) in [6, 6.07) is -0.959. The topological polar surface area (TPSA) is 159 Å². The Labute approximate surface area is 303 Å². The second-order valence-electron chi connectivity index (χ2n) is 17.9. The van der Waals surface area contributed by atoms with Gasteiger partial charge in [0.25, 0.3) is 0 Å². The van der Waals surface area contributed by atoms with Gasteiger partial charge in [0.2, 0.25) is 0 Å². The van der Waals surface area contributed by atoms with Crippen LogP contribution in [-0.4, -0.2) is 94.5 Å². The standard InChI is InChI=1S/C39H61NO11/c1-14-28-48-26-16-27-39(18-46-27,50-23(7)41)31-22(6)38(36(11,12)45)17-25(20(4)29(38)21(5)32(49-28)37(26,31)13)47-33(43)30(42)24(15-19(2)3)40-34(44)51-35(8,9)10/h14,19,21-22,24-28,30-32,42,45H,1,15-18H2,2-13H3,(H,40,44)/t21-,22-,24-,25-,26-,27?,28?,30+,31-,32-,37+,38+,39-/m0/s1. The third-order valence-corrected chi connectivity index (χ3v) is 12.6. The lowest BCUT2D eigenvalue weighted by molar-refractivity contribution is -0.387. The fourth-order valence-electron chi connectivity index (χ4n) is 10.9. The predicted molar refractivity (Wildman–Crippen MR) is 187 cm³/mol. The van der Waals surface area contributed by atoms with Crippen LogP contribution in [0.25, 0.3) is 0 Å². The van der Waals surface area contributed by atoms with Crippen molar-refractivity contribution in [2.24, 2.45) is 34.5 Å². The van der Waals surface area contributed by atoms with Crippen LogP contribution in [0.3, 0.4) is 0 Å². The third-order valence-electron chi connectivity index (χ3n) is 12.6. The molecule has 0 aromatic rings. The van der Waals surface area contributed by atoms with Gasteiger partial charge in [-0.1, -0.05) is 46.8 Å². The SMILES string of the molecule is C=CC1O[C@H]2CC3OC[C@@]3(OC(C)=O)[C@H]3[C@H](C)[C@]4(C(C)(C)O)C[C@H](OC(=O)[C@H](O)[C@H](CC(C)C)NC(=O)OC(C)(C)C)C(C)=C4[C@H](C)[C@H](O1)[C@]23C. The highest BCUT2D eigenvalue weighted by atomic mass is 16.7. The van der Waals surface area contributed by atoms with E-state index in [4.69, 9.17) is 28.4 Å². The molecule has 0 aromatic heterocycles. The lowest BCUT2D eigenvalue weighted by Gasteiger charge is -2.68. The van der Waals surface area contributed by atoms with Crippen LogP contribution < -0.4 is 5.32 Å². The Balaban J connectivity index is 1.58. The van der Waals surface area contributed by atoms with E-state index in [1.165, 1.54) is 6.92 Å². The smallest absolute Gasteiger partial charge is 0.407 e. The maximum atomic E-state index is 13.9. The minimum absolute atomic E-state index is 0.0332. The van der Waals surface area contributed by atoms with Crippen LogP contribution in [0.5, 0.6) is 0 Å². The molecule has 2 saturated heterocycles. The van der Waals surface area contributed by atoms with E-state index >= 15 is 0 Å². The molecule has 2 aliphatic heterocycles. The van der Waals surface area contributed by atoms with Gasteiger partial charge in [-0.2, -0.15) is 0 Å². The van der Waals surface area contributed by atoms with Crippen molar-refractivity contribution in [3.05, 3.63) is 23.8 Å². The number of carbonyl (C=O) groups is 3. The summed E-state index contributed by atoms with van der Waals surface area (Å²) in [4.78, 5) is 39.4. The summed E-state index contributed by atoms with van der Waals surface area (Å²) in [5.41, 5.74) is -3.11. The Morgan fingerprint density at radius 2 is 1.76 bits per heavy atom. The van der Waals surface area contributed by atoms with Gasteiger partial charge in [-0.25, -0.2) is 9.59 Å². The number of aliphatic hydroxyl groups is 2. The molecule has 12 nitrogen and oxygen atoms in total. The lowest BCUT2D eigenvalue weighted by Crippen LogP contribution is -2.78. The molecule has 0 bridgehead atoms. The van der Waals surface area contributed by atoms with Gasteiger partial charge >= 0.3 is 18.0 Å². The van der Waals surface area contributed by atoms with Crippen molar-refractivity contribution in [3.63, 3.8) is 0 Å². The van der Waals surface area contributed by atoms with Gasteiger partial charge in [-0.3, -0.25) is 4.79 Å². The Morgan fingerprint density at radius 3 is 2.27 bits per heavy atom. The monoisotopic (exact) mass is 719 g/mol. The highest BCUT2D eigenvalue weighted by molar-refractivity contribution is 5.77. The molecule has 0 aromatic carbocycles. The van der Waals surface area contributed by atoms with E-state index in [0.717, 1.165) is 11.1 Å². The van der Waals surface area contributed by atoms with Gasteiger partial charge in [0.1, 0.15) is 17.8 Å². The molecule has 288 valence electrons. The average molecular weight is 720 g/mol. The number of fused-ring (bicyclic) bond motifs is 3. The number of amides is 1. The quantitative estimate of drug-likeness (QED) is 0.168. The lowest BCUT2D eigenvalue weighted by atomic mass is 9.47. The van der Waals surface area contributed by atoms with Crippen molar-refractivity contribution in [2.75, 3.05) is 6.61 Å². The van der Waals surface area contributed by atoms with E-state index in [2.05, 4.69) is 32.7 Å². The summed E-state index contributed by atoms with van der Waals surface area (Å²) in [5.74, 6) is -2.33. The van der Waals surface area contributed by atoms with Crippen molar-refractivity contribution in [2.45, 2.75) is 162 Å². The van der Waals surface area contributed by atoms with Crippen molar-refractivity contribution in [3.8, 4) is 0 Å². The third kappa shape index (κ3) is 6.44.